The number of hydrogen-bond donors (Lipinski definition) is 0. The minimum absolute atomic E-state index is 0.617. The maximum Gasteiger partial charge on any atom is 0.0836 e. The molecule has 0 amide bonds. The zero-order valence-electron chi connectivity index (χ0n) is 7.00. The summed E-state index contributed by atoms with van der Waals surface area (Å²) in [5.74, 6) is 0. The van der Waals surface area contributed by atoms with Gasteiger partial charge in [0.1, 0.15) is 0 Å². The van der Waals surface area contributed by atoms with Crippen molar-refractivity contribution in [3.63, 3.8) is 0 Å². The molecule has 0 aliphatic heterocycles. The zero-order valence-corrected chi connectivity index (χ0v) is 7.00. The molecule has 0 N–H and O–H groups in total. The summed E-state index contributed by atoms with van der Waals surface area (Å²) in [5.41, 5.74) is 0. The lowest BCUT2D eigenvalue weighted by Gasteiger charge is -2.02. The molecule has 0 aliphatic rings. The van der Waals surface area contributed by atoms with Gasteiger partial charge >= 0.3 is 0 Å². The first kappa shape index (κ1) is 9.43. The van der Waals surface area contributed by atoms with Crippen LogP contribution in [0.5, 0.6) is 0 Å². The molecule has 0 spiro atoms. The molecule has 0 saturated carbocycles. The van der Waals surface area contributed by atoms with E-state index in [1.54, 1.807) is 11.2 Å². The van der Waals surface area contributed by atoms with Crippen LogP contribution in [0, 0.1) is 0 Å². The van der Waals surface area contributed by atoms with Crippen LogP contribution < -0.4 is 0 Å². The van der Waals surface area contributed by atoms with Crippen molar-refractivity contribution in [2.24, 2.45) is 5.10 Å². The Balaban J connectivity index is 3.02. The van der Waals surface area contributed by atoms with Crippen LogP contribution in [0.25, 0.3) is 0 Å². The van der Waals surface area contributed by atoms with Crippen LogP contribution in [0.15, 0.2) is 5.10 Å². The van der Waals surface area contributed by atoms with Gasteiger partial charge in [-0.05, 0) is 6.42 Å². The highest BCUT2D eigenvalue weighted by Gasteiger charge is 1.80. The average Bonchev–Trinajstić information content (AvgIpc) is 1.87. The van der Waals surface area contributed by atoms with Gasteiger partial charge in [0.2, 0.25) is 0 Å². The summed E-state index contributed by atoms with van der Waals surface area (Å²) < 4.78 is 5.16. The predicted molar refractivity (Wildman–Crippen MR) is 43.3 cm³/mol. The SMILES string of the molecule is CCCOC/C=N/N(C)C. The second kappa shape index (κ2) is 6.55. The summed E-state index contributed by atoms with van der Waals surface area (Å²) >= 11 is 0. The molecule has 0 saturated heterocycles. The fourth-order valence-corrected chi connectivity index (χ4v) is 0.477. The van der Waals surface area contributed by atoms with Crippen molar-refractivity contribution in [3.8, 4) is 0 Å². The lowest BCUT2D eigenvalue weighted by molar-refractivity contribution is 0.174. The summed E-state index contributed by atoms with van der Waals surface area (Å²) in [5, 5.41) is 5.73. The summed E-state index contributed by atoms with van der Waals surface area (Å²) in [6.07, 6.45) is 2.82. The summed E-state index contributed by atoms with van der Waals surface area (Å²) in [6, 6.07) is 0. The van der Waals surface area contributed by atoms with Crippen LogP contribution in [0.3, 0.4) is 0 Å². The number of rotatable bonds is 5. The van der Waals surface area contributed by atoms with Crippen molar-refractivity contribution in [3.05, 3.63) is 0 Å². The van der Waals surface area contributed by atoms with Crippen molar-refractivity contribution in [2.45, 2.75) is 13.3 Å². The van der Waals surface area contributed by atoms with E-state index in [0.717, 1.165) is 13.0 Å². The van der Waals surface area contributed by atoms with Gasteiger partial charge in [-0.2, -0.15) is 5.10 Å². The lowest BCUT2D eigenvalue weighted by atomic mass is 10.5. The third kappa shape index (κ3) is 7.43. The standard InChI is InChI=1S/C7H16N2O/c1-4-6-10-7-5-8-9(2)3/h5H,4,6-7H2,1-3H3/b8-5+. The van der Waals surface area contributed by atoms with E-state index in [0.29, 0.717) is 6.61 Å². The van der Waals surface area contributed by atoms with Crippen LogP contribution in [0.4, 0.5) is 0 Å². The fraction of sp³-hybridized carbons (Fsp3) is 0.857. The van der Waals surface area contributed by atoms with E-state index in [4.69, 9.17) is 4.74 Å². The molecular weight excluding hydrogens is 128 g/mol. The van der Waals surface area contributed by atoms with Crippen LogP contribution in [0.2, 0.25) is 0 Å². The summed E-state index contributed by atoms with van der Waals surface area (Å²) in [6.45, 7) is 3.52. The van der Waals surface area contributed by atoms with Gasteiger partial charge in [-0.25, -0.2) is 0 Å². The van der Waals surface area contributed by atoms with E-state index in [2.05, 4.69) is 12.0 Å². The highest BCUT2D eigenvalue weighted by atomic mass is 16.5. The zero-order chi connectivity index (χ0) is 7.82. The maximum absolute atomic E-state index is 5.16. The quantitative estimate of drug-likeness (QED) is 0.326. The Bertz CT molecular complexity index is 91.6. The van der Waals surface area contributed by atoms with E-state index in [-0.39, 0.29) is 0 Å². The highest BCUT2D eigenvalue weighted by Crippen LogP contribution is 1.78. The van der Waals surface area contributed by atoms with Gasteiger partial charge in [-0.15, -0.1) is 0 Å². The molecule has 0 radical (unpaired) electrons. The van der Waals surface area contributed by atoms with Gasteiger partial charge < -0.3 is 9.75 Å². The van der Waals surface area contributed by atoms with E-state index in [1.807, 2.05) is 14.1 Å². The van der Waals surface area contributed by atoms with E-state index < -0.39 is 0 Å². The molecule has 0 fully saturated rings. The molecule has 0 unspecified atom stereocenters. The maximum atomic E-state index is 5.16. The molecule has 0 atom stereocenters. The number of hydrogen-bond acceptors (Lipinski definition) is 3. The van der Waals surface area contributed by atoms with Gasteiger partial charge in [0, 0.05) is 20.7 Å². The number of nitrogens with zero attached hydrogens (tertiary/aromatic N) is 2. The van der Waals surface area contributed by atoms with Crippen molar-refractivity contribution in [2.75, 3.05) is 27.3 Å². The minimum Gasteiger partial charge on any atom is -0.376 e. The fourth-order valence-electron chi connectivity index (χ4n) is 0.477. The molecule has 10 heavy (non-hydrogen) atoms. The Morgan fingerprint density at radius 3 is 2.70 bits per heavy atom. The molecule has 0 aromatic carbocycles. The Labute approximate surface area is 62.7 Å². The molecule has 0 rings (SSSR count). The van der Waals surface area contributed by atoms with Crippen LogP contribution >= 0.6 is 0 Å². The van der Waals surface area contributed by atoms with E-state index in [1.165, 1.54) is 0 Å². The van der Waals surface area contributed by atoms with E-state index in [9.17, 15) is 0 Å². The van der Waals surface area contributed by atoms with Gasteiger partial charge in [0.25, 0.3) is 0 Å². The molecule has 0 aromatic rings. The second-order valence-electron chi connectivity index (χ2n) is 2.22. The van der Waals surface area contributed by atoms with Crippen LogP contribution in [-0.2, 0) is 4.74 Å². The van der Waals surface area contributed by atoms with Gasteiger partial charge in [-0.1, -0.05) is 6.92 Å². The number of hydrazone groups is 1. The Hall–Kier alpha value is -0.570. The Morgan fingerprint density at radius 1 is 1.50 bits per heavy atom. The van der Waals surface area contributed by atoms with Crippen LogP contribution in [-0.4, -0.2) is 38.5 Å². The molecular formula is C7H16N2O. The topological polar surface area (TPSA) is 24.8 Å². The first-order chi connectivity index (χ1) is 4.77. The van der Waals surface area contributed by atoms with Crippen molar-refractivity contribution >= 4 is 6.21 Å². The third-order valence-corrected chi connectivity index (χ3v) is 0.853. The minimum atomic E-state index is 0.617. The van der Waals surface area contributed by atoms with Gasteiger partial charge in [0.05, 0.1) is 12.8 Å². The first-order valence-electron chi connectivity index (χ1n) is 3.55. The van der Waals surface area contributed by atoms with Crippen molar-refractivity contribution < 1.29 is 4.74 Å². The summed E-state index contributed by atoms with van der Waals surface area (Å²) in [7, 11) is 3.77. The van der Waals surface area contributed by atoms with Gasteiger partial charge in [-0.3, -0.25) is 0 Å². The molecule has 0 aliphatic carbocycles. The average molecular weight is 144 g/mol. The number of ether oxygens (including phenoxy) is 1. The molecule has 0 bridgehead atoms. The largest absolute Gasteiger partial charge is 0.376 e. The van der Waals surface area contributed by atoms with Gasteiger partial charge in [0.15, 0.2) is 0 Å². The van der Waals surface area contributed by atoms with Crippen molar-refractivity contribution in [1.29, 1.82) is 0 Å². The van der Waals surface area contributed by atoms with Crippen molar-refractivity contribution in [1.82, 2.24) is 5.01 Å². The Morgan fingerprint density at radius 2 is 2.20 bits per heavy atom. The predicted octanol–water partition coefficient (Wildman–Crippen LogP) is 0.960. The third-order valence-electron chi connectivity index (χ3n) is 0.853. The smallest absolute Gasteiger partial charge is 0.0836 e. The molecule has 3 heteroatoms. The molecule has 0 aromatic heterocycles. The first-order valence-corrected chi connectivity index (χ1v) is 3.55. The lowest BCUT2D eigenvalue weighted by Crippen LogP contribution is -2.04. The molecule has 60 valence electrons. The highest BCUT2D eigenvalue weighted by molar-refractivity contribution is 5.57. The molecule has 3 nitrogen and oxygen atoms in total. The second-order valence-corrected chi connectivity index (χ2v) is 2.22. The monoisotopic (exact) mass is 144 g/mol. The Kier molecular flexibility index (Phi) is 6.18. The normalized spacial score (nSPS) is 10.7. The molecule has 0 heterocycles. The van der Waals surface area contributed by atoms with E-state index >= 15 is 0 Å². The van der Waals surface area contributed by atoms with Crippen LogP contribution in [0.1, 0.15) is 13.3 Å². The summed E-state index contributed by atoms with van der Waals surface area (Å²) in [4.78, 5) is 0.